The lowest BCUT2D eigenvalue weighted by Crippen LogP contribution is -1.78. The van der Waals surface area contributed by atoms with E-state index >= 15 is 0 Å². The third-order valence-corrected chi connectivity index (χ3v) is 3.82. The van der Waals surface area contributed by atoms with E-state index in [-0.39, 0.29) is 0 Å². The van der Waals surface area contributed by atoms with Crippen LogP contribution in [0.3, 0.4) is 0 Å². The van der Waals surface area contributed by atoms with E-state index in [1.54, 1.807) is 12.1 Å². The van der Waals surface area contributed by atoms with Gasteiger partial charge in [-0.2, -0.15) is 0 Å². The van der Waals surface area contributed by atoms with Gasteiger partial charge in [-0.05, 0) is 43.4 Å². The molecule has 0 bridgehead atoms. The van der Waals surface area contributed by atoms with Gasteiger partial charge in [-0.3, -0.25) is 0 Å². The van der Waals surface area contributed by atoms with E-state index in [2.05, 4.69) is 31.2 Å². The summed E-state index contributed by atoms with van der Waals surface area (Å²) >= 11 is 0. The van der Waals surface area contributed by atoms with Gasteiger partial charge in [-0.25, -0.2) is 0 Å². The molecule has 0 fully saturated rings. The highest BCUT2D eigenvalue weighted by Gasteiger charge is 1.90. The molecule has 0 aliphatic carbocycles. The van der Waals surface area contributed by atoms with Crippen molar-refractivity contribution in [2.45, 2.75) is 71.1 Å². The fourth-order valence-corrected chi connectivity index (χ4v) is 2.50. The molecule has 22 heavy (non-hydrogen) atoms. The van der Waals surface area contributed by atoms with E-state index in [1.165, 1.54) is 51.4 Å². The van der Waals surface area contributed by atoms with E-state index in [1.807, 2.05) is 12.1 Å². The summed E-state index contributed by atoms with van der Waals surface area (Å²) in [7, 11) is 0. The van der Waals surface area contributed by atoms with E-state index < -0.39 is 0 Å². The molecular formula is C21H32O. The van der Waals surface area contributed by atoms with Crippen LogP contribution in [0.2, 0.25) is 0 Å². The summed E-state index contributed by atoms with van der Waals surface area (Å²) in [5.74, 6) is 0.330. The number of hydrogen-bond acceptors (Lipinski definition) is 1. The summed E-state index contributed by atoms with van der Waals surface area (Å²) in [5.41, 5.74) is 1.06. The van der Waals surface area contributed by atoms with E-state index in [0.29, 0.717) is 5.75 Å². The van der Waals surface area contributed by atoms with Crippen LogP contribution in [0.5, 0.6) is 5.75 Å². The van der Waals surface area contributed by atoms with Gasteiger partial charge in [-0.15, -0.1) is 0 Å². The number of allylic oxidation sites excluding steroid dienone is 3. The minimum Gasteiger partial charge on any atom is -0.508 e. The average molecular weight is 300 g/mol. The summed E-state index contributed by atoms with van der Waals surface area (Å²) < 4.78 is 0. The van der Waals surface area contributed by atoms with Gasteiger partial charge in [0.2, 0.25) is 0 Å². The molecular weight excluding hydrogens is 268 g/mol. The maximum atomic E-state index is 9.37. The zero-order chi connectivity index (χ0) is 15.9. The van der Waals surface area contributed by atoms with Crippen LogP contribution in [0.25, 0.3) is 6.08 Å². The third kappa shape index (κ3) is 10.3. The van der Waals surface area contributed by atoms with E-state index in [4.69, 9.17) is 0 Å². The van der Waals surface area contributed by atoms with Gasteiger partial charge in [0.25, 0.3) is 0 Å². The largest absolute Gasteiger partial charge is 0.508 e. The summed E-state index contributed by atoms with van der Waals surface area (Å²) in [5, 5.41) is 9.37. The Morgan fingerprint density at radius 3 is 2.27 bits per heavy atom. The van der Waals surface area contributed by atoms with Crippen molar-refractivity contribution in [3.8, 4) is 5.75 Å². The van der Waals surface area contributed by atoms with Gasteiger partial charge in [0.15, 0.2) is 0 Å². The molecule has 1 N–H and O–H groups in total. The highest BCUT2D eigenvalue weighted by atomic mass is 16.3. The van der Waals surface area contributed by atoms with Gasteiger partial charge in [0.05, 0.1) is 0 Å². The number of phenols is 1. The quantitative estimate of drug-likeness (QED) is 0.329. The van der Waals surface area contributed by atoms with Crippen molar-refractivity contribution >= 4 is 6.08 Å². The van der Waals surface area contributed by atoms with Crippen LogP contribution in [-0.2, 0) is 0 Å². The lowest BCUT2D eigenvalue weighted by atomic mass is 10.1. The van der Waals surface area contributed by atoms with Crippen LogP contribution in [0, 0.1) is 0 Å². The highest BCUT2D eigenvalue weighted by Crippen LogP contribution is 2.13. The van der Waals surface area contributed by atoms with Gasteiger partial charge >= 0.3 is 0 Å². The molecule has 0 spiro atoms. The standard InChI is InChI=1S/C21H32O/c1-2-3-4-5-6-7-8-9-10-11-12-13-14-16-20-17-15-18-21(22)19-20/h10-11,14-19,22H,2-9,12-13H2,1H3/b11-10+,16-14+. The Bertz CT molecular complexity index is 431. The molecule has 1 aromatic carbocycles. The minimum absolute atomic E-state index is 0.330. The normalized spacial score (nSPS) is 11.7. The summed E-state index contributed by atoms with van der Waals surface area (Å²) in [6, 6.07) is 7.36. The zero-order valence-corrected chi connectivity index (χ0v) is 14.1. The Morgan fingerprint density at radius 2 is 1.50 bits per heavy atom. The van der Waals surface area contributed by atoms with Gasteiger partial charge < -0.3 is 5.11 Å². The molecule has 0 aromatic heterocycles. The predicted molar refractivity (Wildman–Crippen MR) is 98.1 cm³/mol. The Kier molecular flexibility index (Phi) is 11.1. The number of benzene rings is 1. The molecule has 0 aliphatic rings. The minimum atomic E-state index is 0.330. The lowest BCUT2D eigenvalue weighted by Gasteiger charge is -1.98. The van der Waals surface area contributed by atoms with Crippen LogP contribution in [-0.4, -0.2) is 5.11 Å². The maximum absolute atomic E-state index is 9.37. The molecule has 1 nitrogen and oxygen atoms in total. The molecule has 0 aliphatic heterocycles. The number of rotatable bonds is 12. The highest BCUT2D eigenvalue weighted by molar-refractivity contribution is 5.51. The van der Waals surface area contributed by atoms with Crippen molar-refractivity contribution in [3.63, 3.8) is 0 Å². The smallest absolute Gasteiger partial charge is 0.116 e. The molecule has 0 saturated heterocycles. The van der Waals surface area contributed by atoms with Crippen molar-refractivity contribution < 1.29 is 5.11 Å². The fourth-order valence-electron chi connectivity index (χ4n) is 2.50. The Balaban J connectivity index is 1.96. The number of unbranched alkanes of at least 4 members (excludes halogenated alkanes) is 8. The fraction of sp³-hybridized carbons (Fsp3) is 0.524. The first-order valence-electron chi connectivity index (χ1n) is 8.93. The molecule has 0 radical (unpaired) electrons. The predicted octanol–water partition coefficient (Wildman–Crippen LogP) is 6.88. The van der Waals surface area contributed by atoms with E-state index in [9.17, 15) is 5.11 Å². The molecule has 122 valence electrons. The first-order chi connectivity index (χ1) is 10.8. The monoisotopic (exact) mass is 300 g/mol. The molecule has 0 heterocycles. The summed E-state index contributed by atoms with van der Waals surface area (Å²) in [6.07, 6.45) is 21.9. The zero-order valence-electron chi connectivity index (χ0n) is 14.1. The molecule has 1 rings (SSSR count). The van der Waals surface area contributed by atoms with Crippen molar-refractivity contribution in [3.05, 3.63) is 48.1 Å². The summed E-state index contributed by atoms with van der Waals surface area (Å²) in [4.78, 5) is 0. The van der Waals surface area contributed by atoms with Crippen molar-refractivity contribution in [1.29, 1.82) is 0 Å². The second kappa shape index (κ2) is 13.2. The van der Waals surface area contributed by atoms with Crippen molar-refractivity contribution in [1.82, 2.24) is 0 Å². The van der Waals surface area contributed by atoms with Gasteiger partial charge in [-0.1, -0.05) is 81.9 Å². The average Bonchev–Trinajstić information content (AvgIpc) is 2.52. The number of hydrogen-bond donors (Lipinski definition) is 1. The van der Waals surface area contributed by atoms with Crippen LogP contribution < -0.4 is 0 Å². The topological polar surface area (TPSA) is 20.2 Å². The lowest BCUT2D eigenvalue weighted by molar-refractivity contribution is 0.475. The Hall–Kier alpha value is -1.50. The van der Waals surface area contributed by atoms with Crippen LogP contribution >= 0.6 is 0 Å². The third-order valence-electron chi connectivity index (χ3n) is 3.82. The summed E-state index contributed by atoms with van der Waals surface area (Å²) in [6.45, 7) is 2.27. The molecule has 0 saturated carbocycles. The first kappa shape index (κ1) is 18.5. The molecule has 0 amide bonds. The Morgan fingerprint density at radius 1 is 0.818 bits per heavy atom. The SMILES string of the molecule is CCCCCCCCC/C=C/CC/C=C/c1cccc(O)c1. The molecule has 0 unspecified atom stereocenters. The van der Waals surface area contributed by atoms with Gasteiger partial charge in [0, 0.05) is 0 Å². The maximum Gasteiger partial charge on any atom is 0.116 e. The van der Waals surface area contributed by atoms with Crippen LogP contribution in [0.15, 0.2) is 42.5 Å². The van der Waals surface area contributed by atoms with Crippen LogP contribution in [0.4, 0.5) is 0 Å². The van der Waals surface area contributed by atoms with Gasteiger partial charge in [0.1, 0.15) is 5.75 Å². The molecule has 0 atom stereocenters. The second-order valence-corrected chi connectivity index (χ2v) is 5.96. The van der Waals surface area contributed by atoms with Crippen LogP contribution in [0.1, 0.15) is 76.7 Å². The number of aromatic hydroxyl groups is 1. The van der Waals surface area contributed by atoms with E-state index in [0.717, 1.165) is 18.4 Å². The molecule has 1 aromatic rings. The first-order valence-corrected chi connectivity index (χ1v) is 8.93. The van der Waals surface area contributed by atoms with Crippen molar-refractivity contribution in [2.75, 3.05) is 0 Å². The van der Waals surface area contributed by atoms with Crippen molar-refractivity contribution in [2.24, 2.45) is 0 Å². The molecule has 1 heteroatoms. The Labute approximate surface area is 136 Å². The second-order valence-electron chi connectivity index (χ2n) is 5.96. The number of phenolic OH excluding ortho intramolecular Hbond substituents is 1.